The first-order valence-corrected chi connectivity index (χ1v) is 14.5. The maximum atomic E-state index is 13.1. The second-order valence-electron chi connectivity index (χ2n) is 9.71. The van der Waals surface area contributed by atoms with Crippen LogP contribution in [-0.2, 0) is 17.1 Å². The van der Waals surface area contributed by atoms with Gasteiger partial charge in [0.1, 0.15) is 5.65 Å². The number of nitrogens with zero attached hydrogens (tertiary/aromatic N) is 4. The van der Waals surface area contributed by atoms with Crippen LogP contribution in [-0.4, -0.2) is 30.6 Å². The average Bonchev–Trinajstić information content (AvgIpc) is 3.37. The van der Waals surface area contributed by atoms with Crippen LogP contribution in [0.25, 0.3) is 32.8 Å². The number of benzene rings is 4. The molecule has 0 fully saturated rings. The molecule has 4 aromatic carbocycles. The number of sulfonamides is 1. The molecule has 0 amide bonds. The zero-order valence-corrected chi connectivity index (χ0v) is 22.9. The van der Waals surface area contributed by atoms with Crippen LogP contribution in [0.15, 0.2) is 123 Å². The highest BCUT2D eigenvalue weighted by atomic mass is 32.2. The molecule has 2 heterocycles. The fourth-order valence-electron chi connectivity index (χ4n) is 4.91. The molecule has 2 aromatic heterocycles. The van der Waals surface area contributed by atoms with E-state index in [-0.39, 0.29) is 11.4 Å². The summed E-state index contributed by atoms with van der Waals surface area (Å²) < 4.78 is 31.2. The molecule has 0 saturated carbocycles. The monoisotopic (exact) mass is 548 g/mol. The molecule has 2 N–H and O–H groups in total. The van der Waals surface area contributed by atoms with Crippen LogP contribution in [0.4, 0.5) is 11.4 Å². The van der Waals surface area contributed by atoms with Gasteiger partial charge in [0.25, 0.3) is 0 Å². The van der Waals surface area contributed by atoms with E-state index in [1.165, 1.54) is 12.1 Å². The smallest absolute Gasteiger partial charge is 0.240 e. The zero-order chi connectivity index (χ0) is 27.7. The highest BCUT2D eigenvalue weighted by molar-refractivity contribution is 7.89. The van der Waals surface area contributed by atoms with Crippen molar-refractivity contribution in [1.29, 1.82) is 0 Å². The minimum absolute atomic E-state index is 0.161. The Kier molecular flexibility index (Phi) is 6.75. The zero-order valence-electron chi connectivity index (χ0n) is 22.1. The van der Waals surface area contributed by atoms with Gasteiger partial charge >= 0.3 is 0 Å². The molecule has 0 aliphatic heterocycles. The number of aryl methyl sites for hydroxylation is 1. The van der Waals surface area contributed by atoms with Crippen molar-refractivity contribution >= 4 is 54.2 Å². The predicted octanol–water partition coefficient (Wildman–Crippen LogP) is 6.50. The fourth-order valence-corrected chi connectivity index (χ4v) is 6.14. The first-order chi connectivity index (χ1) is 19.4. The number of pyridine rings is 1. The number of azo groups is 1. The van der Waals surface area contributed by atoms with Crippen molar-refractivity contribution < 1.29 is 8.42 Å². The quantitative estimate of drug-likeness (QED) is 0.223. The van der Waals surface area contributed by atoms with E-state index in [2.05, 4.69) is 48.8 Å². The molecule has 1 unspecified atom stereocenters. The van der Waals surface area contributed by atoms with Crippen molar-refractivity contribution in [3.8, 4) is 0 Å². The Balaban J connectivity index is 1.28. The second kappa shape index (κ2) is 10.5. The van der Waals surface area contributed by atoms with Gasteiger partial charge < -0.3 is 9.55 Å². The van der Waals surface area contributed by atoms with E-state index in [0.717, 1.165) is 43.9 Å². The van der Waals surface area contributed by atoms with E-state index >= 15 is 0 Å². The number of aromatic nitrogens is 2. The Morgan fingerprint density at radius 2 is 1.43 bits per heavy atom. The van der Waals surface area contributed by atoms with Crippen molar-refractivity contribution in [3.63, 3.8) is 0 Å². The van der Waals surface area contributed by atoms with Crippen molar-refractivity contribution in [2.75, 3.05) is 6.54 Å². The molecule has 0 spiro atoms. The van der Waals surface area contributed by atoms with Gasteiger partial charge in [-0.05, 0) is 55.5 Å². The van der Waals surface area contributed by atoms with Crippen LogP contribution in [0.5, 0.6) is 0 Å². The van der Waals surface area contributed by atoms with Crippen LogP contribution in [0.3, 0.4) is 0 Å². The van der Waals surface area contributed by atoms with Gasteiger partial charge in [0.15, 0.2) is 0 Å². The van der Waals surface area contributed by atoms with Crippen LogP contribution in [0.2, 0.25) is 0 Å². The van der Waals surface area contributed by atoms with Gasteiger partial charge in [-0.25, -0.2) is 13.1 Å². The van der Waals surface area contributed by atoms with Gasteiger partial charge in [0.2, 0.25) is 10.0 Å². The number of rotatable bonds is 7. The summed E-state index contributed by atoms with van der Waals surface area (Å²) in [6.07, 6.45) is 0. The lowest BCUT2D eigenvalue weighted by Gasteiger charge is -2.13. The standard InChI is InChI=1S/C31H28N6O2S/c1-21(36-40(38,39)24-18-16-23(17-19-24)35-34-22-10-4-3-5-11-22)20-32-30-26-13-7-9-15-28(26)37(2)31-29(30)25-12-6-8-14-27(25)33-31/h3-19,21,33,36H,20H2,1-2H3. The molecule has 0 saturated heterocycles. The summed E-state index contributed by atoms with van der Waals surface area (Å²) in [5.41, 5.74) is 4.33. The van der Waals surface area contributed by atoms with Gasteiger partial charge in [-0.1, -0.05) is 54.6 Å². The average molecular weight is 549 g/mol. The van der Waals surface area contributed by atoms with E-state index in [9.17, 15) is 8.42 Å². The molecule has 8 nitrogen and oxygen atoms in total. The van der Waals surface area contributed by atoms with Gasteiger partial charge in [-0.3, -0.25) is 4.99 Å². The molecule has 0 aliphatic rings. The van der Waals surface area contributed by atoms with E-state index in [1.807, 2.05) is 68.6 Å². The molecule has 6 rings (SSSR count). The minimum atomic E-state index is -3.76. The Morgan fingerprint density at radius 3 is 2.17 bits per heavy atom. The van der Waals surface area contributed by atoms with Crippen LogP contribution in [0, 0.1) is 0 Å². The van der Waals surface area contributed by atoms with E-state index in [0.29, 0.717) is 5.69 Å². The SMILES string of the molecule is CC(CN=c1c2ccccc2n(C)c2[nH]c3ccccc3c12)NS(=O)(=O)c1ccc(N=Nc2ccccc2)cc1. The summed E-state index contributed by atoms with van der Waals surface area (Å²) >= 11 is 0. The minimum Gasteiger partial charge on any atom is -0.341 e. The fraction of sp³-hybridized carbons (Fsp3) is 0.129. The molecule has 0 aliphatic carbocycles. The summed E-state index contributed by atoms with van der Waals surface area (Å²) in [5.74, 6) is 0. The molecule has 40 heavy (non-hydrogen) atoms. The van der Waals surface area contributed by atoms with E-state index < -0.39 is 16.1 Å². The molecular formula is C31H28N6O2S. The van der Waals surface area contributed by atoms with Gasteiger partial charge in [-0.2, -0.15) is 10.2 Å². The first kappa shape index (κ1) is 25.7. The number of H-pyrrole nitrogens is 1. The number of para-hydroxylation sites is 2. The third-order valence-corrected chi connectivity index (χ3v) is 8.45. The molecular weight excluding hydrogens is 520 g/mol. The second-order valence-corrected chi connectivity index (χ2v) is 11.4. The number of hydrogen-bond acceptors (Lipinski definition) is 5. The third-order valence-electron chi connectivity index (χ3n) is 6.84. The Labute approximate surface area is 231 Å². The number of aromatic amines is 1. The van der Waals surface area contributed by atoms with Crippen molar-refractivity contribution in [2.24, 2.45) is 22.3 Å². The molecule has 200 valence electrons. The van der Waals surface area contributed by atoms with Crippen molar-refractivity contribution in [1.82, 2.24) is 14.3 Å². The maximum Gasteiger partial charge on any atom is 0.240 e. The largest absolute Gasteiger partial charge is 0.341 e. The Bertz CT molecular complexity index is 2040. The highest BCUT2D eigenvalue weighted by Crippen LogP contribution is 2.26. The van der Waals surface area contributed by atoms with Gasteiger partial charge in [0.05, 0.1) is 39.1 Å². The van der Waals surface area contributed by atoms with Gasteiger partial charge in [-0.15, -0.1) is 0 Å². The van der Waals surface area contributed by atoms with Crippen LogP contribution in [0.1, 0.15) is 6.92 Å². The van der Waals surface area contributed by atoms with Crippen LogP contribution < -0.4 is 10.1 Å². The van der Waals surface area contributed by atoms with Crippen molar-refractivity contribution in [3.05, 3.63) is 108 Å². The summed E-state index contributed by atoms with van der Waals surface area (Å²) in [6.45, 7) is 2.09. The highest BCUT2D eigenvalue weighted by Gasteiger charge is 2.18. The summed E-state index contributed by atoms with van der Waals surface area (Å²) in [7, 11) is -1.72. The number of nitrogens with one attached hydrogen (secondary N) is 2. The lowest BCUT2D eigenvalue weighted by atomic mass is 10.1. The number of hydrogen-bond donors (Lipinski definition) is 2. The topological polar surface area (TPSA) is 104 Å². The third kappa shape index (κ3) is 4.92. The van der Waals surface area contributed by atoms with E-state index in [1.54, 1.807) is 12.1 Å². The molecule has 6 aromatic rings. The van der Waals surface area contributed by atoms with Crippen LogP contribution >= 0.6 is 0 Å². The lowest BCUT2D eigenvalue weighted by Crippen LogP contribution is -2.35. The Morgan fingerprint density at radius 1 is 0.800 bits per heavy atom. The molecule has 9 heteroatoms. The Hall–Kier alpha value is -4.60. The van der Waals surface area contributed by atoms with E-state index in [4.69, 9.17) is 4.99 Å². The van der Waals surface area contributed by atoms with Crippen molar-refractivity contribution in [2.45, 2.75) is 17.9 Å². The molecule has 0 radical (unpaired) electrons. The van der Waals surface area contributed by atoms with Gasteiger partial charge in [0, 0.05) is 29.4 Å². The number of fused-ring (bicyclic) bond motifs is 4. The molecule has 1 atom stereocenters. The maximum absolute atomic E-state index is 13.1. The summed E-state index contributed by atoms with van der Waals surface area (Å²) in [6, 6.07) is 31.5. The lowest BCUT2D eigenvalue weighted by molar-refractivity contribution is 0.562. The summed E-state index contributed by atoms with van der Waals surface area (Å²) in [4.78, 5) is 8.67. The first-order valence-electron chi connectivity index (χ1n) is 13.0. The summed E-state index contributed by atoms with van der Waals surface area (Å²) in [5, 5.41) is 12.3. The molecule has 0 bridgehead atoms. The predicted molar refractivity (Wildman–Crippen MR) is 160 cm³/mol. The normalized spacial score (nSPS) is 13.6.